The molecule has 0 aliphatic carbocycles. The van der Waals surface area contributed by atoms with Crippen molar-refractivity contribution >= 4 is 29.8 Å². The van der Waals surface area contributed by atoms with Crippen LogP contribution in [0.5, 0.6) is 5.75 Å². The number of rotatable bonds is 15. The van der Waals surface area contributed by atoms with Crippen LogP contribution >= 0.6 is 0 Å². The fraction of sp³-hybridized carbons (Fsp3) is 0.433. The van der Waals surface area contributed by atoms with E-state index >= 15 is 0 Å². The third-order valence-corrected chi connectivity index (χ3v) is 5.64. The quantitative estimate of drug-likeness (QED) is 0.230. The van der Waals surface area contributed by atoms with Crippen molar-refractivity contribution in [3.8, 4) is 5.75 Å². The molecule has 0 aromatic heterocycles. The Bertz CT molecular complexity index is 1200. The standard InChI is InChI=1S/C30H40N4O8/c1-5-40-26(36)18-32-27(37)23(15-16-25(31)35)33-28(38)24(34-29(39)42-30(2,3)4)17-20-11-13-22(14-12-20)41-19-21-9-7-6-8-10-21/h6-14,23-24H,5,15-19H2,1-4H3,(H2,31,35)(H,32,37)(H,33,38)(H,34,39)/t23-,24-/m0/s1. The first-order valence-corrected chi connectivity index (χ1v) is 13.6. The molecule has 42 heavy (non-hydrogen) atoms. The average molecular weight is 585 g/mol. The Labute approximate surface area is 245 Å². The summed E-state index contributed by atoms with van der Waals surface area (Å²) in [5, 5.41) is 7.50. The van der Waals surface area contributed by atoms with Crippen LogP contribution in [0.3, 0.4) is 0 Å². The molecule has 0 fully saturated rings. The van der Waals surface area contributed by atoms with Gasteiger partial charge >= 0.3 is 12.1 Å². The van der Waals surface area contributed by atoms with Gasteiger partial charge in [-0.25, -0.2) is 4.79 Å². The summed E-state index contributed by atoms with van der Waals surface area (Å²) < 4.78 is 15.9. The molecule has 228 valence electrons. The van der Waals surface area contributed by atoms with Crippen LogP contribution in [0.15, 0.2) is 54.6 Å². The molecule has 2 rings (SSSR count). The van der Waals surface area contributed by atoms with Gasteiger partial charge in [-0.2, -0.15) is 0 Å². The first-order chi connectivity index (χ1) is 19.9. The third-order valence-electron chi connectivity index (χ3n) is 5.64. The van der Waals surface area contributed by atoms with E-state index in [-0.39, 0.29) is 25.9 Å². The fourth-order valence-corrected chi connectivity index (χ4v) is 3.68. The van der Waals surface area contributed by atoms with E-state index in [0.717, 1.165) is 5.56 Å². The van der Waals surface area contributed by atoms with Gasteiger partial charge in [0.1, 0.15) is 36.6 Å². The van der Waals surface area contributed by atoms with Crippen LogP contribution in [0, 0.1) is 0 Å². The van der Waals surface area contributed by atoms with Gasteiger partial charge in [0, 0.05) is 12.8 Å². The summed E-state index contributed by atoms with van der Waals surface area (Å²) in [4.78, 5) is 61.8. The molecule has 0 unspecified atom stereocenters. The lowest BCUT2D eigenvalue weighted by Crippen LogP contribution is -2.55. The molecule has 2 aromatic carbocycles. The number of benzene rings is 2. The minimum absolute atomic E-state index is 0.0526. The van der Waals surface area contributed by atoms with Crippen molar-refractivity contribution in [1.29, 1.82) is 0 Å². The summed E-state index contributed by atoms with van der Waals surface area (Å²) in [6, 6.07) is 14.3. The van der Waals surface area contributed by atoms with Gasteiger partial charge in [-0.3, -0.25) is 19.2 Å². The summed E-state index contributed by atoms with van der Waals surface area (Å²) in [7, 11) is 0. The number of amides is 4. The van der Waals surface area contributed by atoms with Gasteiger partial charge in [0.2, 0.25) is 17.7 Å². The Kier molecular flexibility index (Phi) is 13.3. The van der Waals surface area contributed by atoms with E-state index in [2.05, 4.69) is 16.0 Å². The van der Waals surface area contributed by atoms with Crippen molar-refractivity contribution in [1.82, 2.24) is 16.0 Å². The zero-order chi connectivity index (χ0) is 31.1. The van der Waals surface area contributed by atoms with Crippen molar-refractivity contribution in [2.45, 2.75) is 71.2 Å². The third kappa shape index (κ3) is 13.2. The highest BCUT2D eigenvalue weighted by molar-refractivity contribution is 5.92. The molecular formula is C30H40N4O8. The fourth-order valence-electron chi connectivity index (χ4n) is 3.68. The van der Waals surface area contributed by atoms with E-state index in [1.54, 1.807) is 52.0 Å². The van der Waals surface area contributed by atoms with Crippen LogP contribution in [0.1, 0.15) is 51.7 Å². The number of primary amides is 1. The molecule has 5 N–H and O–H groups in total. The number of esters is 1. The molecule has 12 nitrogen and oxygen atoms in total. The second-order valence-electron chi connectivity index (χ2n) is 10.4. The summed E-state index contributed by atoms with van der Waals surface area (Å²) in [6.45, 7) is 6.77. The Balaban J connectivity index is 2.16. The van der Waals surface area contributed by atoms with E-state index in [1.807, 2.05) is 30.3 Å². The van der Waals surface area contributed by atoms with E-state index in [1.165, 1.54) is 0 Å². The maximum Gasteiger partial charge on any atom is 0.408 e. The van der Waals surface area contributed by atoms with Crippen LogP contribution in [0.2, 0.25) is 0 Å². The van der Waals surface area contributed by atoms with E-state index < -0.39 is 54.0 Å². The van der Waals surface area contributed by atoms with Gasteiger partial charge in [0.05, 0.1) is 6.61 Å². The second-order valence-corrected chi connectivity index (χ2v) is 10.4. The molecule has 12 heteroatoms. The largest absolute Gasteiger partial charge is 0.489 e. The van der Waals surface area contributed by atoms with Crippen LogP contribution in [0.4, 0.5) is 4.79 Å². The molecule has 0 aliphatic rings. The topological polar surface area (TPSA) is 175 Å². The Morgan fingerprint density at radius 1 is 0.857 bits per heavy atom. The van der Waals surface area contributed by atoms with Gasteiger partial charge in [-0.15, -0.1) is 0 Å². The highest BCUT2D eigenvalue weighted by atomic mass is 16.6. The SMILES string of the molecule is CCOC(=O)CNC(=O)[C@H](CCC(N)=O)NC(=O)[C@H](Cc1ccc(OCc2ccccc2)cc1)NC(=O)OC(C)(C)C. The van der Waals surface area contributed by atoms with Crippen molar-refractivity contribution in [3.63, 3.8) is 0 Å². The van der Waals surface area contributed by atoms with Crippen molar-refractivity contribution in [2.75, 3.05) is 13.2 Å². The van der Waals surface area contributed by atoms with Crippen LogP contribution in [-0.2, 0) is 41.7 Å². The summed E-state index contributed by atoms with van der Waals surface area (Å²) in [5.41, 5.74) is 6.13. The number of nitrogens with one attached hydrogen (secondary N) is 3. The smallest absolute Gasteiger partial charge is 0.408 e. The van der Waals surface area contributed by atoms with Gasteiger partial charge in [0.15, 0.2) is 0 Å². The molecule has 2 atom stereocenters. The Morgan fingerprint density at radius 2 is 1.52 bits per heavy atom. The van der Waals surface area contributed by atoms with Crippen molar-refractivity contribution < 1.29 is 38.2 Å². The summed E-state index contributed by atoms with van der Waals surface area (Å²) >= 11 is 0. The number of ether oxygens (including phenoxy) is 3. The summed E-state index contributed by atoms with van der Waals surface area (Å²) in [6.07, 6.45) is -1.10. The zero-order valence-corrected chi connectivity index (χ0v) is 24.4. The van der Waals surface area contributed by atoms with Crippen LogP contribution in [-0.4, -0.2) is 60.6 Å². The van der Waals surface area contributed by atoms with E-state index in [4.69, 9.17) is 19.9 Å². The molecule has 0 saturated heterocycles. The van der Waals surface area contributed by atoms with Crippen LogP contribution in [0.25, 0.3) is 0 Å². The van der Waals surface area contributed by atoms with Crippen molar-refractivity contribution in [3.05, 3.63) is 65.7 Å². The van der Waals surface area contributed by atoms with Crippen LogP contribution < -0.4 is 26.4 Å². The molecule has 0 radical (unpaired) electrons. The van der Waals surface area contributed by atoms with Gasteiger partial charge < -0.3 is 35.9 Å². The number of hydrogen-bond acceptors (Lipinski definition) is 8. The maximum absolute atomic E-state index is 13.4. The normalized spacial score (nSPS) is 12.3. The molecule has 0 heterocycles. The minimum atomic E-state index is -1.21. The molecular weight excluding hydrogens is 544 g/mol. The molecule has 0 saturated carbocycles. The van der Waals surface area contributed by atoms with E-state index in [9.17, 15) is 24.0 Å². The number of carbonyl (C=O) groups excluding carboxylic acids is 5. The molecule has 0 spiro atoms. The lowest BCUT2D eigenvalue weighted by atomic mass is 10.0. The first kappa shape index (κ1) is 33.6. The summed E-state index contributed by atoms with van der Waals surface area (Å²) in [5.74, 6) is -2.13. The number of alkyl carbamates (subject to hydrolysis) is 1. The molecule has 2 aromatic rings. The van der Waals surface area contributed by atoms with Crippen molar-refractivity contribution in [2.24, 2.45) is 5.73 Å². The lowest BCUT2D eigenvalue weighted by molar-refractivity contribution is -0.143. The monoisotopic (exact) mass is 584 g/mol. The van der Waals surface area contributed by atoms with Gasteiger partial charge in [-0.1, -0.05) is 42.5 Å². The molecule has 4 amide bonds. The van der Waals surface area contributed by atoms with E-state index in [0.29, 0.717) is 17.9 Å². The minimum Gasteiger partial charge on any atom is -0.489 e. The number of nitrogens with two attached hydrogens (primary N) is 1. The number of hydrogen-bond donors (Lipinski definition) is 4. The highest BCUT2D eigenvalue weighted by Crippen LogP contribution is 2.16. The number of carbonyl (C=O) groups is 5. The predicted octanol–water partition coefficient (Wildman–Crippen LogP) is 2.13. The van der Waals surface area contributed by atoms with Gasteiger partial charge in [0.25, 0.3) is 0 Å². The molecule has 0 bridgehead atoms. The zero-order valence-electron chi connectivity index (χ0n) is 24.4. The lowest BCUT2D eigenvalue weighted by Gasteiger charge is -2.25. The Morgan fingerprint density at radius 3 is 2.12 bits per heavy atom. The molecule has 0 aliphatic heterocycles. The average Bonchev–Trinajstić information content (AvgIpc) is 2.92. The predicted molar refractivity (Wildman–Crippen MR) is 154 cm³/mol. The second kappa shape index (κ2) is 16.6. The first-order valence-electron chi connectivity index (χ1n) is 13.6. The van der Waals surface area contributed by atoms with Gasteiger partial charge in [-0.05, 0) is 57.4 Å². The Hall–Kier alpha value is -4.61. The maximum atomic E-state index is 13.4. The highest BCUT2D eigenvalue weighted by Gasteiger charge is 2.29.